The van der Waals surface area contributed by atoms with Gasteiger partial charge in [-0.05, 0) is 19.8 Å². The molecule has 0 spiro atoms. The highest BCUT2D eigenvalue weighted by molar-refractivity contribution is 5.66. The van der Waals surface area contributed by atoms with Gasteiger partial charge in [-0.1, -0.05) is 0 Å². The quantitative estimate of drug-likeness (QED) is 0.653. The van der Waals surface area contributed by atoms with Gasteiger partial charge in [-0.25, -0.2) is 0 Å². The van der Waals surface area contributed by atoms with Crippen molar-refractivity contribution in [2.24, 2.45) is 0 Å². The van der Waals surface area contributed by atoms with E-state index in [-0.39, 0.29) is 12.5 Å². The van der Waals surface area contributed by atoms with Crippen molar-refractivity contribution in [1.82, 2.24) is 0 Å². The molecule has 0 aromatic rings. The largest absolute Gasteiger partial charge is 0.481 e. The normalized spacial score (nSPS) is 12.0. The molecule has 0 aromatic heterocycles. The van der Waals surface area contributed by atoms with Gasteiger partial charge < -0.3 is 9.84 Å². The van der Waals surface area contributed by atoms with Crippen LogP contribution in [-0.2, 0) is 9.53 Å². The number of ether oxygens (including phenoxy) is 1. The molecule has 0 fully saturated rings. The van der Waals surface area contributed by atoms with E-state index in [0.29, 0.717) is 25.9 Å². The second kappa shape index (κ2) is 7.56. The Morgan fingerprint density at radius 3 is 2.77 bits per heavy atom. The SMILES string of the molecule is CCOC(CCC#N)CCC(=O)O. The highest BCUT2D eigenvalue weighted by Gasteiger charge is 2.09. The summed E-state index contributed by atoms with van der Waals surface area (Å²) >= 11 is 0. The Morgan fingerprint density at radius 1 is 1.62 bits per heavy atom. The first-order valence-electron chi connectivity index (χ1n) is 4.41. The Kier molecular flexibility index (Phi) is 6.93. The van der Waals surface area contributed by atoms with E-state index < -0.39 is 5.97 Å². The lowest BCUT2D eigenvalue weighted by Gasteiger charge is -2.13. The number of hydrogen-bond donors (Lipinski definition) is 1. The van der Waals surface area contributed by atoms with Gasteiger partial charge in [0.1, 0.15) is 0 Å². The summed E-state index contributed by atoms with van der Waals surface area (Å²) in [6, 6.07) is 2.02. The summed E-state index contributed by atoms with van der Waals surface area (Å²) in [7, 11) is 0. The number of carboxylic acid groups (broad SMARTS) is 1. The van der Waals surface area contributed by atoms with Crippen molar-refractivity contribution >= 4 is 5.97 Å². The van der Waals surface area contributed by atoms with E-state index in [0.717, 1.165) is 0 Å². The zero-order valence-electron chi connectivity index (χ0n) is 7.82. The molecular formula is C9H15NO3. The first-order chi connectivity index (χ1) is 6.20. The van der Waals surface area contributed by atoms with Crippen molar-refractivity contribution in [2.45, 2.75) is 38.7 Å². The molecule has 1 unspecified atom stereocenters. The Hall–Kier alpha value is -1.08. The van der Waals surface area contributed by atoms with Crippen molar-refractivity contribution in [3.63, 3.8) is 0 Å². The third kappa shape index (κ3) is 7.29. The van der Waals surface area contributed by atoms with E-state index in [1.54, 1.807) is 0 Å². The van der Waals surface area contributed by atoms with E-state index in [9.17, 15) is 4.79 Å². The minimum atomic E-state index is -0.818. The number of carboxylic acids is 1. The van der Waals surface area contributed by atoms with Gasteiger partial charge in [-0.2, -0.15) is 5.26 Å². The monoisotopic (exact) mass is 185 g/mol. The van der Waals surface area contributed by atoms with E-state index >= 15 is 0 Å². The summed E-state index contributed by atoms with van der Waals surface area (Å²) < 4.78 is 5.28. The van der Waals surface area contributed by atoms with Gasteiger partial charge in [0.2, 0.25) is 0 Å². The number of nitriles is 1. The Morgan fingerprint density at radius 2 is 2.31 bits per heavy atom. The van der Waals surface area contributed by atoms with Crippen LogP contribution in [0.4, 0.5) is 0 Å². The molecule has 0 saturated carbocycles. The lowest BCUT2D eigenvalue weighted by Crippen LogP contribution is -2.14. The van der Waals surface area contributed by atoms with E-state index in [1.165, 1.54) is 0 Å². The summed E-state index contributed by atoms with van der Waals surface area (Å²) in [5, 5.41) is 16.8. The van der Waals surface area contributed by atoms with Gasteiger partial charge in [0.25, 0.3) is 0 Å². The van der Waals surface area contributed by atoms with Crippen LogP contribution < -0.4 is 0 Å². The molecule has 0 saturated heterocycles. The van der Waals surface area contributed by atoms with Gasteiger partial charge >= 0.3 is 5.97 Å². The maximum absolute atomic E-state index is 10.3. The molecule has 0 heterocycles. The molecule has 0 amide bonds. The second-order valence-electron chi connectivity index (χ2n) is 2.71. The first-order valence-corrected chi connectivity index (χ1v) is 4.41. The Balaban J connectivity index is 3.67. The zero-order chi connectivity index (χ0) is 10.1. The van der Waals surface area contributed by atoms with Crippen LogP contribution in [0.25, 0.3) is 0 Å². The van der Waals surface area contributed by atoms with Crippen LogP contribution in [0.3, 0.4) is 0 Å². The first kappa shape index (κ1) is 11.9. The van der Waals surface area contributed by atoms with Gasteiger partial charge in [0.05, 0.1) is 12.2 Å². The highest BCUT2D eigenvalue weighted by Crippen LogP contribution is 2.09. The highest BCUT2D eigenvalue weighted by atomic mass is 16.5. The summed E-state index contributed by atoms with van der Waals surface area (Å²) in [4.78, 5) is 10.3. The molecule has 0 rings (SSSR count). The molecule has 0 aliphatic heterocycles. The van der Waals surface area contributed by atoms with E-state index in [4.69, 9.17) is 15.1 Å². The Labute approximate surface area is 78.1 Å². The topological polar surface area (TPSA) is 70.3 Å². The molecule has 1 N–H and O–H groups in total. The fourth-order valence-corrected chi connectivity index (χ4v) is 1.06. The molecule has 4 heteroatoms. The van der Waals surface area contributed by atoms with Gasteiger partial charge in [-0.15, -0.1) is 0 Å². The van der Waals surface area contributed by atoms with Crippen LogP contribution in [0.1, 0.15) is 32.6 Å². The third-order valence-corrected chi connectivity index (χ3v) is 1.66. The van der Waals surface area contributed by atoms with Crippen LogP contribution in [0.15, 0.2) is 0 Å². The van der Waals surface area contributed by atoms with Crippen LogP contribution in [0, 0.1) is 11.3 Å². The molecular weight excluding hydrogens is 170 g/mol. The summed E-state index contributed by atoms with van der Waals surface area (Å²) in [6.07, 6.45) is 1.56. The number of hydrogen-bond acceptors (Lipinski definition) is 3. The summed E-state index contributed by atoms with van der Waals surface area (Å²) in [5.41, 5.74) is 0. The average molecular weight is 185 g/mol. The molecule has 0 radical (unpaired) electrons. The van der Waals surface area contributed by atoms with E-state index in [1.807, 2.05) is 13.0 Å². The van der Waals surface area contributed by atoms with Crippen molar-refractivity contribution in [2.75, 3.05) is 6.61 Å². The zero-order valence-corrected chi connectivity index (χ0v) is 7.82. The number of rotatable bonds is 7. The van der Waals surface area contributed by atoms with Crippen LogP contribution >= 0.6 is 0 Å². The van der Waals surface area contributed by atoms with Crippen molar-refractivity contribution < 1.29 is 14.6 Å². The predicted molar refractivity (Wildman–Crippen MR) is 47.1 cm³/mol. The van der Waals surface area contributed by atoms with Gasteiger partial charge in [-0.3, -0.25) is 4.79 Å². The molecule has 0 aromatic carbocycles. The smallest absolute Gasteiger partial charge is 0.303 e. The average Bonchev–Trinajstić information content (AvgIpc) is 2.09. The Bertz CT molecular complexity index is 186. The van der Waals surface area contributed by atoms with Crippen LogP contribution in [0.2, 0.25) is 0 Å². The summed E-state index contributed by atoms with van der Waals surface area (Å²) in [6.45, 7) is 2.43. The van der Waals surface area contributed by atoms with Crippen LogP contribution in [0.5, 0.6) is 0 Å². The molecule has 74 valence electrons. The second-order valence-corrected chi connectivity index (χ2v) is 2.71. The lowest BCUT2D eigenvalue weighted by molar-refractivity contribution is -0.137. The van der Waals surface area contributed by atoms with Crippen molar-refractivity contribution in [3.05, 3.63) is 0 Å². The van der Waals surface area contributed by atoms with Crippen molar-refractivity contribution in [3.8, 4) is 6.07 Å². The standard InChI is InChI=1S/C9H15NO3/c1-2-13-8(4-3-7-10)5-6-9(11)12/h8H,2-6H2,1H3,(H,11,12). The molecule has 4 nitrogen and oxygen atoms in total. The number of aliphatic carboxylic acids is 1. The minimum absolute atomic E-state index is 0.0826. The minimum Gasteiger partial charge on any atom is -0.481 e. The van der Waals surface area contributed by atoms with Crippen LogP contribution in [-0.4, -0.2) is 23.8 Å². The lowest BCUT2D eigenvalue weighted by atomic mass is 10.1. The van der Waals surface area contributed by atoms with Crippen molar-refractivity contribution in [1.29, 1.82) is 5.26 Å². The molecule has 13 heavy (non-hydrogen) atoms. The predicted octanol–water partition coefficient (Wildman–Crippen LogP) is 1.56. The number of carbonyl (C=O) groups is 1. The maximum atomic E-state index is 10.3. The summed E-state index contributed by atoms with van der Waals surface area (Å²) in [5.74, 6) is -0.818. The van der Waals surface area contributed by atoms with Gasteiger partial charge in [0, 0.05) is 19.4 Å². The molecule has 1 atom stereocenters. The number of nitrogens with zero attached hydrogens (tertiary/aromatic N) is 1. The fourth-order valence-electron chi connectivity index (χ4n) is 1.06. The third-order valence-electron chi connectivity index (χ3n) is 1.66. The fraction of sp³-hybridized carbons (Fsp3) is 0.778. The van der Waals surface area contributed by atoms with Gasteiger partial charge in [0.15, 0.2) is 0 Å². The van der Waals surface area contributed by atoms with E-state index in [2.05, 4.69) is 0 Å². The molecule has 0 aliphatic carbocycles. The maximum Gasteiger partial charge on any atom is 0.303 e. The molecule has 0 aliphatic rings. The molecule has 0 bridgehead atoms.